The maximum absolute atomic E-state index is 13.2. The van der Waals surface area contributed by atoms with E-state index in [4.69, 9.17) is 0 Å². The van der Waals surface area contributed by atoms with Gasteiger partial charge in [-0.15, -0.1) is 0 Å². The Labute approximate surface area is 116 Å². The molecule has 1 amide bonds. The molecule has 2 N–H and O–H groups in total. The molecule has 1 aromatic rings. The van der Waals surface area contributed by atoms with E-state index in [2.05, 4.69) is 21.9 Å². The third-order valence-corrected chi connectivity index (χ3v) is 5.02. The Balaban J connectivity index is 2.05. The highest BCUT2D eigenvalue weighted by molar-refractivity contribution is 8.00. The zero-order valence-electron chi connectivity index (χ0n) is 11.1. The number of halogens is 1. The topological polar surface area (TPSA) is 54.0 Å². The number of carbonyl (C=O) groups excluding carboxylic acids is 1. The highest BCUT2D eigenvalue weighted by atomic mass is 32.2. The van der Waals surface area contributed by atoms with Crippen molar-refractivity contribution >= 4 is 23.5 Å². The minimum Gasteiger partial charge on any atom is -0.372 e. The van der Waals surface area contributed by atoms with E-state index < -0.39 is 5.82 Å². The molecule has 0 radical (unpaired) electrons. The molecule has 19 heavy (non-hydrogen) atoms. The van der Waals surface area contributed by atoms with Crippen molar-refractivity contribution in [2.75, 3.05) is 25.2 Å². The fraction of sp³-hybridized carbons (Fsp3) is 0.538. The van der Waals surface area contributed by atoms with Crippen LogP contribution in [0.2, 0.25) is 0 Å². The number of hydrogen-bond donors (Lipinski definition) is 2. The van der Waals surface area contributed by atoms with E-state index in [9.17, 15) is 9.18 Å². The van der Waals surface area contributed by atoms with Crippen molar-refractivity contribution < 1.29 is 9.18 Å². The predicted molar refractivity (Wildman–Crippen MR) is 76.2 cm³/mol. The van der Waals surface area contributed by atoms with Crippen LogP contribution in [0.1, 0.15) is 29.6 Å². The van der Waals surface area contributed by atoms with E-state index >= 15 is 0 Å². The normalized spacial score (nSPS) is 16.6. The van der Waals surface area contributed by atoms with Gasteiger partial charge in [-0.2, -0.15) is 11.8 Å². The summed E-state index contributed by atoms with van der Waals surface area (Å²) in [4.78, 5) is 16.0. The van der Waals surface area contributed by atoms with Crippen LogP contribution in [-0.4, -0.2) is 35.5 Å². The zero-order valence-corrected chi connectivity index (χ0v) is 11.9. The molecule has 1 fully saturated rings. The quantitative estimate of drug-likeness (QED) is 0.870. The van der Waals surface area contributed by atoms with Crippen molar-refractivity contribution in [3.63, 3.8) is 0 Å². The predicted octanol–water partition coefficient (Wildman–Crippen LogP) is 2.28. The van der Waals surface area contributed by atoms with Crippen LogP contribution < -0.4 is 10.6 Å². The largest absolute Gasteiger partial charge is 0.372 e. The first-order chi connectivity index (χ1) is 9.10. The van der Waals surface area contributed by atoms with Gasteiger partial charge in [0.15, 0.2) is 0 Å². The molecule has 1 heterocycles. The average Bonchev–Trinajstić information content (AvgIpc) is 2.37. The van der Waals surface area contributed by atoms with Crippen molar-refractivity contribution in [3.05, 3.63) is 23.6 Å². The van der Waals surface area contributed by atoms with E-state index in [-0.39, 0.29) is 16.2 Å². The van der Waals surface area contributed by atoms with E-state index in [1.165, 1.54) is 12.5 Å². The number of carbonyl (C=O) groups is 1. The number of pyridine rings is 1. The molecule has 1 saturated carbocycles. The Hall–Kier alpha value is -1.30. The van der Waals surface area contributed by atoms with Crippen LogP contribution in [0.5, 0.6) is 0 Å². The highest BCUT2D eigenvalue weighted by Crippen LogP contribution is 2.42. The van der Waals surface area contributed by atoms with E-state index in [0.29, 0.717) is 12.4 Å². The summed E-state index contributed by atoms with van der Waals surface area (Å²) in [5, 5.41) is 5.69. The minimum atomic E-state index is -0.507. The van der Waals surface area contributed by atoms with Crippen molar-refractivity contribution in [1.29, 1.82) is 0 Å². The van der Waals surface area contributed by atoms with Crippen LogP contribution in [0.3, 0.4) is 0 Å². The summed E-state index contributed by atoms with van der Waals surface area (Å²) < 4.78 is 13.4. The number of anilines is 1. The number of thioether (sulfide) groups is 1. The van der Waals surface area contributed by atoms with E-state index in [1.807, 2.05) is 0 Å². The third kappa shape index (κ3) is 3.00. The molecule has 0 aliphatic heterocycles. The first kappa shape index (κ1) is 14.1. The molecule has 104 valence electrons. The standard InChI is InChI=1S/C13H18FN3OS/c1-15-11-10(6-9(14)7-16-11)12(18)17-8-13(19-2)4-3-5-13/h6-7H,3-5,8H2,1-2H3,(H,15,16)(H,17,18). The van der Waals surface area contributed by atoms with Gasteiger partial charge < -0.3 is 10.6 Å². The summed E-state index contributed by atoms with van der Waals surface area (Å²) in [5.74, 6) is -0.394. The average molecular weight is 283 g/mol. The molecule has 4 nitrogen and oxygen atoms in total. The first-order valence-corrected chi connectivity index (χ1v) is 7.49. The lowest BCUT2D eigenvalue weighted by Gasteiger charge is -2.40. The molecule has 6 heteroatoms. The monoisotopic (exact) mass is 283 g/mol. The maximum atomic E-state index is 13.2. The van der Waals surface area contributed by atoms with Gasteiger partial charge in [0.05, 0.1) is 11.8 Å². The van der Waals surface area contributed by atoms with Gasteiger partial charge in [-0.25, -0.2) is 9.37 Å². The fourth-order valence-electron chi connectivity index (χ4n) is 2.17. The molecular formula is C13H18FN3OS. The van der Waals surface area contributed by atoms with Crippen LogP contribution in [0.25, 0.3) is 0 Å². The van der Waals surface area contributed by atoms with Gasteiger partial charge in [-0.05, 0) is 25.2 Å². The molecule has 0 unspecified atom stereocenters. The van der Waals surface area contributed by atoms with Crippen LogP contribution in [0.15, 0.2) is 12.3 Å². The number of aromatic nitrogens is 1. The maximum Gasteiger partial charge on any atom is 0.255 e. The summed E-state index contributed by atoms with van der Waals surface area (Å²) in [7, 11) is 1.66. The Morgan fingerprint density at radius 3 is 2.84 bits per heavy atom. The van der Waals surface area contributed by atoms with Gasteiger partial charge in [0.25, 0.3) is 5.91 Å². The number of hydrogen-bond acceptors (Lipinski definition) is 4. The molecule has 0 saturated heterocycles. The molecule has 0 bridgehead atoms. The smallest absolute Gasteiger partial charge is 0.255 e. The molecule has 1 aliphatic carbocycles. The molecule has 1 aromatic heterocycles. The summed E-state index contributed by atoms with van der Waals surface area (Å²) in [5.41, 5.74) is 0.248. The third-order valence-electron chi connectivity index (χ3n) is 3.60. The second-order valence-electron chi connectivity index (χ2n) is 4.72. The van der Waals surface area contributed by atoms with Gasteiger partial charge in [0, 0.05) is 18.3 Å². The number of nitrogens with one attached hydrogen (secondary N) is 2. The first-order valence-electron chi connectivity index (χ1n) is 6.27. The van der Waals surface area contributed by atoms with Gasteiger partial charge in [0.1, 0.15) is 11.6 Å². The molecule has 1 aliphatic rings. The van der Waals surface area contributed by atoms with Crippen molar-refractivity contribution in [2.45, 2.75) is 24.0 Å². The Bertz CT molecular complexity index is 471. The van der Waals surface area contributed by atoms with Crippen LogP contribution in [-0.2, 0) is 0 Å². The number of rotatable bonds is 5. The second kappa shape index (κ2) is 5.77. The molecular weight excluding hydrogens is 265 g/mol. The van der Waals surface area contributed by atoms with Crippen LogP contribution in [0, 0.1) is 5.82 Å². The molecule has 2 rings (SSSR count). The van der Waals surface area contributed by atoms with Gasteiger partial charge in [-0.3, -0.25) is 4.79 Å². The van der Waals surface area contributed by atoms with E-state index in [0.717, 1.165) is 19.0 Å². The van der Waals surface area contributed by atoms with Gasteiger partial charge in [0.2, 0.25) is 0 Å². The minimum absolute atomic E-state index is 0.163. The van der Waals surface area contributed by atoms with Gasteiger partial charge in [-0.1, -0.05) is 6.42 Å². The lowest BCUT2D eigenvalue weighted by atomic mass is 9.84. The van der Waals surface area contributed by atoms with Crippen LogP contribution >= 0.6 is 11.8 Å². The van der Waals surface area contributed by atoms with Crippen molar-refractivity contribution in [3.8, 4) is 0 Å². The molecule has 0 spiro atoms. The zero-order chi connectivity index (χ0) is 13.9. The highest BCUT2D eigenvalue weighted by Gasteiger charge is 2.36. The lowest BCUT2D eigenvalue weighted by Crippen LogP contribution is -2.45. The van der Waals surface area contributed by atoms with Crippen molar-refractivity contribution in [1.82, 2.24) is 10.3 Å². The van der Waals surface area contributed by atoms with Crippen molar-refractivity contribution in [2.24, 2.45) is 0 Å². The number of nitrogens with zero attached hydrogens (tertiary/aromatic N) is 1. The Morgan fingerprint density at radius 1 is 1.58 bits per heavy atom. The summed E-state index contributed by atoms with van der Waals surface area (Å²) in [6.45, 7) is 0.618. The van der Waals surface area contributed by atoms with Crippen LogP contribution in [0.4, 0.5) is 10.2 Å². The Morgan fingerprint density at radius 2 is 2.32 bits per heavy atom. The lowest BCUT2D eigenvalue weighted by molar-refractivity contribution is 0.0944. The SMILES string of the molecule is CNc1ncc(F)cc1C(=O)NCC1(SC)CCC1. The Kier molecular flexibility index (Phi) is 4.29. The summed E-state index contributed by atoms with van der Waals surface area (Å²) in [6, 6.07) is 1.21. The second-order valence-corrected chi connectivity index (χ2v) is 6.00. The van der Waals surface area contributed by atoms with E-state index in [1.54, 1.807) is 18.8 Å². The molecule has 0 atom stereocenters. The molecule has 0 aromatic carbocycles. The summed E-state index contributed by atoms with van der Waals surface area (Å²) in [6.07, 6.45) is 6.61. The number of amides is 1. The fourth-order valence-corrected chi connectivity index (χ4v) is 3.09. The summed E-state index contributed by atoms with van der Waals surface area (Å²) >= 11 is 1.79. The van der Waals surface area contributed by atoms with Gasteiger partial charge >= 0.3 is 0 Å².